The van der Waals surface area contributed by atoms with Crippen molar-refractivity contribution in [2.24, 2.45) is 0 Å². The van der Waals surface area contributed by atoms with Gasteiger partial charge in [0, 0.05) is 10.7 Å². The highest BCUT2D eigenvalue weighted by atomic mass is 35.5. The number of hydrogen-bond acceptors (Lipinski definition) is 5. The molecule has 0 fully saturated rings. The fourth-order valence-electron chi connectivity index (χ4n) is 2.37. The number of hydrogen-bond donors (Lipinski definition) is 3. The van der Waals surface area contributed by atoms with Crippen LogP contribution in [0.2, 0.25) is 5.02 Å². The van der Waals surface area contributed by atoms with Gasteiger partial charge in [-0.15, -0.1) is 0 Å². The van der Waals surface area contributed by atoms with E-state index in [1.807, 2.05) is 0 Å². The SMILES string of the molecule is Nc1ccc(NS(=O)(=O)c2ccc(Cl)cc2)c(NS(=O)(=O)c2ccc(F)cc2)c1. The molecule has 0 heterocycles. The molecular formula is C18H15ClFN3O4S2. The number of nitrogens with two attached hydrogens (primary N) is 1. The summed E-state index contributed by atoms with van der Waals surface area (Å²) in [5.74, 6) is -0.593. The van der Waals surface area contributed by atoms with E-state index < -0.39 is 25.9 Å². The molecule has 3 aromatic carbocycles. The molecule has 3 aromatic rings. The molecule has 0 aliphatic heterocycles. The number of halogens is 2. The van der Waals surface area contributed by atoms with Crippen molar-refractivity contribution in [3.05, 3.63) is 77.6 Å². The lowest BCUT2D eigenvalue weighted by Gasteiger charge is -2.15. The first kappa shape index (κ1) is 20.9. The highest BCUT2D eigenvalue weighted by molar-refractivity contribution is 7.93. The molecule has 0 aliphatic rings. The van der Waals surface area contributed by atoms with E-state index in [2.05, 4.69) is 9.44 Å². The minimum Gasteiger partial charge on any atom is -0.399 e. The molecule has 3 rings (SSSR count). The van der Waals surface area contributed by atoms with Gasteiger partial charge in [0.05, 0.1) is 21.2 Å². The Balaban J connectivity index is 1.96. The van der Waals surface area contributed by atoms with Gasteiger partial charge >= 0.3 is 0 Å². The summed E-state index contributed by atoms with van der Waals surface area (Å²) in [4.78, 5) is -0.265. The number of benzene rings is 3. The van der Waals surface area contributed by atoms with E-state index in [9.17, 15) is 21.2 Å². The highest BCUT2D eigenvalue weighted by Crippen LogP contribution is 2.29. The Morgan fingerprint density at radius 2 is 1.21 bits per heavy atom. The quantitative estimate of drug-likeness (QED) is 0.490. The van der Waals surface area contributed by atoms with E-state index in [0.29, 0.717) is 5.02 Å². The summed E-state index contributed by atoms with van der Waals surface area (Å²) in [6, 6.07) is 13.6. The molecule has 0 unspecified atom stereocenters. The molecular weight excluding hydrogens is 441 g/mol. The number of nitrogen functional groups attached to an aromatic ring is 1. The van der Waals surface area contributed by atoms with Gasteiger partial charge in [0.15, 0.2) is 0 Å². The van der Waals surface area contributed by atoms with Crippen molar-refractivity contribution in [2.75, 3.05) is 15.2 Å². The van der Waals surface area contributed by atoms with Gasteiger partial charge in [0.2, 0.25) is 0 Å². The van der Waals surface area contributed by atoms with Crippen LogP contribution in [0, 0.1) is 5.82 Å². The van der Waals surface area contributed by atoms with E-state index in [4.69, 9.17) is 17.3 Å². The maximum atomic E-state index is 13.1. The summed E-state index contributed by atoms with van der Waals surface area (Å²) in [5, 5.41) is 0.365. The second kappa shape index (κ2) is 7.90. The van der Waals surface area contributed by atoms with Crippen LogP contribution in [-0.2, 0) is 20.0 Å². The third kappa shape index (κ3) is 4.97. The largest absolute Gasteiger partial charge is 0.399 e. The summed E-state index contributed by atoms with van der Waals surface area (Å²) in [7, 11) is -8.14. The smallest absolute Gasteiger partial charge is 0.261 e. The Kier molecular flexibility index (Phi) is 5.69. The highest BCUT2D eigenvalue weighted by Gasteiger charge is 2.20. The third-order valence-corrected chi connectivity index (χ3v) is 6.79. The summed E-state index contributed by atoms with van der Waals surface area (Å²) < 4.78 is 68.1. The molecule has 4 N–H and O–H groups in total. The fraction of sp³-hybridized carbons (Fsp3) is 0. The first-order valence-corrected chi connectivity index (χ1v) is 11.4. The average molecular weight is 456 g/mol. The molecule has 7 nitrogen and oxygen atoms in total. The first-order chi connectivity index (χ1) is 13.6. The number of rotatable bonds is 6. The molecule has 0 bridgehead atoms. The lowest BCUT2D eigenvalue weighted by Crippen LogP contribution is -2.18. The van der Waals surface area contributed by atoms with Crippen LogP contribution in [-0.4, -0.2) is 16.8 Å². The summed E-state index contributed by atoms with van der Waals surface area (Å²) in [6.07, 6.45) is 0. The standard InChI is InChI=1S/C18H15ClFN3O4S2/c19-12-1-6-15(7-2-12)28(24,25)22-17-10-5-14(21)11-18(17)23-29(26,27)16-8-3-13(20)4-9-16/h1-11,22-23H,21H2. The Hall–Kier alpha value is -2.82. The second-order valence-corrected chi connectivity index (χ2v) is 9.73. The number of nitrogens with one attached hydrogen (secondary N) is 2. The zero-order valence-electron chi connectivity index (χ0n) is 14.6. The Morgan fingerprint density at radius 3 is 1.76 bits per heavy atom. The minimum absolute atomic E-state index is 0.0418. The van der Waals surface area contributed by atoms with E-state index in [-0.39, 0.29) is 26.9 Å². The molecule has 0 amide bonds. The van der Waals surface area contributed by atoms with Crippen LogP contribution < -0.4 is 15.2 Å². The first-order valence-electron chi connectivity index (χ1n) is 8.03. The predicted molar refractivity (Wildman–Crippen MR) is 110 cm³/mol. The molecule has 11 heteroatoms. The van der Waals surface area contributed by atoms with Crippen LogP contribution >= 0.6 is 11.6 Å². The van der Waals surface area contributed by atoms with Crippen molar-refractivity contribution in [1.82, 2.24) is 0 Å². The summed E-state index contributed by atoms with van der Waals surface area (Å²) in [6.45, 7) is 0. The van der Waals surface area contributed by atoms with E-state index in [1.54, 1.807) is 0 Å². The fourth-order valence-corrected chi connectivity index (χ4v) is 4.65. The van der Waals surface area contributed by atoms with Crippen LogP contribution in [0.1, 0.15) is 0 Å². The molecule has 152 valence electrons. The van der Waals surface area contributed by atoms with Gasteiger partial charge in [-0.3, -0.25) is 9.44 Å². The minimum atomic E-state index is -4.12. The van der Waals surface area contributed by atoms with Crippen molar-refractivity contribution < 1.29 is 21.2 Å². The van der Waals surface area contributed by atoms with E-state index in [0.717, 1.165) is 24.3 Å². The van der Waals surface area contributed by atoms with Crippen LogP contribution in [0.5, 0.6) is 0 Å². The molecule has 0 aromatic heterocycles. The molecule has 0 saturated carbocycles. The van der Waals surface area contributed by atoms with Gasteiger partial charge in [-0.2, -0.15) is 0 Å². The van der Waals surface area contributed by atoms with Gasteiger partial charge in [-0.05, 0) is 66.7 Å². The molecule has 0 aliphatic carbocycles. The van der Waals surface area contributed by atoms with Crippen molar-refractivity contribution >= 4 is 48.7 Å². The zero-order chi connectivity index (χ0) is 21.2. The second-order valence-electron chi connectivity index (χ2n) is 5.92. The zero-order valence-corrected chi connectivity index (χ0v) is 17.0. The van der Waals surface area contributed by atoms with Gasteiger partial charge in [-0.25, -0.2) is 21.2 Å². The van der Waals surface area contributed by atoms with Crippen LogP contribution in [0.4, 0.5) is 21.5 Å². The van der Waals surface area contributed by atoms with Crippen LogP contribution in [0.15, 0.2) is 76.5 Å². The lowest BCUT2D eigenvalue weighted by atomic mass is 10.2. The van der Waals surface area contributed by atoms with Crippen molar-refractivity contribution in [3.8, 4) is 0 Å². The molecule has 0 saturated heterocycles. The predicted octanol–water partition coefficient (Wildman–Crippen LogP) is 3.66. The van der Waals surface area contributed by atoms with Crippen molar-refractivity contribution in [1.29, 1.82) is 0 Å². The van der Waals surface area contributed by atoms with Crippen LogP contribution in [0.3, 0.4) is 0 Å². The maximum absolute atomic E-state index is 13.1. The number of anilines is 3. The Morgan fingerprint density at radius 1 is 0.724 bits per heavy atom. The van der Waals surface area contributed by atoms with Gasteiger partial charge in [-0.1, -0.05) is 11.6 Å². The monoisotopic (exact) mass is 455 g/mol. The lowest BCUT2D eigenvalue weighted by molar-refractivity contribution is 0.598. The normalized spacial score (nSPS) is 11.8. The van der Waals surface area contributed by atoms with E-state index in [1.165, 1.54) is 42.5 Å². The Bertz CT molecular complexity index is 1250. The maximum Gasteiger partial charge on any atom is 0.261 e. The summed E-state index contributed by atoms with van der Waals surface area (Å²) >= 11 is 5.78. The Labute approximate surface area is 172 Å². The van der Waals surface area contributed by atoms with Crippen LogP contribution in [0.25, 0.3) is 0 Å². The van der Waals surface area contributed by atoms with Gasteiger partial charge in [0.25, 0.3) is 20.0 Å². The molecule has 29 heavy (non-hydrogen) atoms. The topological polar surface area (TPSA) is 118 Å². The third-order valence-electron chi connectivity index (χ3n) is 3.78. The molecule has 0 atom stereocenters. The van der Waals surface area contributed by atoms with Crippen molar-refractivity contribution in [2.45, 2.75) is 9.79 Å². The van der Waals surface area contributed by atoms with Gasteiger partial charge < -0.3 is 5.73 Å². The molecule has 0 radical (unpaired) electrons. The van der Waals surface area contributed by atoms with E-state index >= 15 is 0 Å². The average Bonchev–Trinajstić information content (AvgIpc) is 2.64. The molecule has 0 spiro atoms. The summed E-state index contributed by atoms with van der Waals surface area (Å²) in [5.41, 5.74) is 5.79. The number of sulfonamides is 2. The van der Waals surface area contributed by atoms with Crippen molar-refractivity contribution in [3.63, 3.8) is 0 Å². The van der Waals surface area contributed by atoms with Gasteiger partial charge in [0.1, 0.15) is 5.82 Å².